The van der Waals surface area contributed by atoms with Crippen LogP contribution >= 0.6 is 11.6 Å². The van der Waals surface area contributed by atoms with Gasteiger partial charge in [0.2, 0.25) is 0 Å². The molecule has 1 saturated heterocycles. The smallest absolute Gasteiger partial charge is 0.251 e. The van der Waals surface area contributed by atoms with Gasteiger partial charge in [0.15, 0.2) is 11.5 Å². The molecule has 1 aliphatic rings. The highest BCUT2D eigenvalue weighted by Crippen LogP contribution is 2.28. The van der Waals surface area contributed by atoms with Crippen LogP contribution in [0.15, 0.2) is 60.7 Å². The number of rotatable bonds is 8. The highest BCUT2D eigenvalue weighted by atomic mass is 35.5. The number of amides is 1. The Labute approximate surface area is 218 Å². The third-order valence-corrected chi connectivity index (χ3v) is 7.09. The minimum absolute atomic E-state index is 0.110. The number of carbonyl (C=O) groups excluding carboxylic acids is 1. The molecular formula is C29H34ClN3O3. The average Bonchev–Trinajstić information content (AvgIpc) is 3.14. The minimum atomic E-state index is -0.110. The van der Waals surface area contributed by atoms with E-state index in [2.05, 4.69) is 51.5 Å². The zero-order chi connectivity index (χ0) is 25.5. The zero-order valence-corrected chi connectivity index (χ0v) is 22.0. The van der Waals surface area contributed by atoms with Crippen molar-refractivity contribution in [2.24, 2.45) is 0 Å². The molecule has 0 aromatic heterocycles. The molecule has 0 bridgehead atoms. The van der Waals surface area contributed by atoms with Crippen LogP contribution in [0.4, 0.5) is 5.69 Å². The van der Waals surface area contributed by atoms with E-state index in [4.69, 9.17) is 21.1 Å². The standard InChI is InChI=1S/C29H34ClN3O3/c1-21-25(9-5-10-26(21)30)29(34)31-19-22-7-4-8-24(17-22)33-14-6-13-32(15-16-33)20-23-11-12-27(35-2)28(18-23)36-3/h4-5,7-12,17-18H,6,13-16,19-20H2,1-3H3,(H,31,34). The molecule has 3 aromatic rings. The van der Waals surface area contributed by atoms with Crippen molar-refractivity contribution in [2.75, 3.05) is 45.3 Å². The molecule has 36 heavy (non-hydrogen) atoms. The Balaban J connectivity index is 1.35. The predicted octanol–water partition coefficient (Wildman–Crippen LogP) is 5.31. The summed E-state index contributed by atoms with van der Waals surface area (Å²) in [6, 6.07) is 20.0. The van der Waals surface area contributed by atoms with Gasteiger partial charge in [-0.3, -0.25) is 9.69 Å². The molecule has 7 heteroatoms. The van der Waals surface area contributed by atoms with Crippen LogP contribution in [0.3, 0.4) is 0 Å². The fourth-order valence-corrected chi connectivity index (χ4v) is 4.79. The highest BCUT2D eigenvalue weighted by molar-refractivity contribution is 6.31. The Hall–Kier alpha value is -3.22. The molecule has 3 aromatic carbocycles. The molecular weight excluding hydrogens is 474 g/mol. The molecule has 1 amide bonds. The second-order valence-corrected chi connectivity index (χ2v) is 9.48. The van der Waals surface area contributed by atoms with Gasteiger partial charge in [0, 0.05) is 55.5 Å². The normalized spacial score (nSPS) is 14.3. The van der Waals surface area contributed by atoms with Gasteiger partial charge in [-0.2, -0.15) is 0 Å². The van der Waals surface area contributed by atoms with Gasteiger partial charge in [-0.15, -0.1) is 0 Å². The largest absolute Gasteiger partial charge is 0.493 e. The third-order valence-electron chi connectivity index (χ3n) is 6.68. The summed E-state index contributed by atoms with van der Waals surface area (Å²) in [5.41, 5.74) is 4.89. The number of halogens is 1. The number of anilines is 1. The average molecular weight is 508 g/mol. The lowest BCUT2D eigenvalue weighted by Gasteiger charge is -2.24. The van der Waals surface area contributed by atoms with E-state index in [0.29, 0.717) is 17.1 Å². The molecule has 0 radical (unpaired) electrons. The quantitative estimate of drug-likeness (QED) is 0.448. The van der Waals surface area contributed by atoms with Crippen LogP contribution in [0.5, 0.6) is 11.5 Å². The van der Waals surface area contributed by atoms with Gasteiger partial charge in [-0.05, 0) is 66.4 Å². The van der Waals surface area contributed by atoms with Crippen molar-refractivity contribution in [3.63, 3.8) is 0 Å². The molecule has 1 fully saturated rings. The Morgan fingerprint density at radius 3 is 2.53 bits per heavy atom. The molecule has 0 unspecified atom stereocenters. The van der Waals surface area contributed by atoms with Gasteiger partial charge < -0.3 is 19.7 Å². The van der Waals surface area contributed by atoms with Crippen LogP contribution in [0.2, 0.25) is 5.02 Å². The summed E-state index contributed by atoms with van der Waals surface area (Å²) in [5.74, 6) is 1.41. The maximum absolute atomic E-state index is 12.7. The Bertz CT molecular complexity index is 1200. The molecule has 1 heterocycles. The number of benzene rings is 3. The van der Waals surface area contributed by atoms with Gasteiger partial charge >= 0.3 is 0 Å². The predicted molar refractivity (Wildman–Crippen MR) is 145 cm³/mol. The summed E-state index contributed by atoms with van der Waals surface area (Å²) in [6.07, 6.45) is 1.09. The molecule has 4 rings (SSSR count). The number of nitrogens with one attached hydrogen (secondary N) is 1. The van der Waals surface area contributed by atoms with Gasteiger partial charge in [0.05, 0.1) is 14.2 Å². The van der Waals surface area contributed by atoms with E-state index in [9.17, 15) is 4.79 Å². The summed E-state index contributed by atoms with van der Waals surface area (Å²) < 4.78 is 10.8. The molecule has 190 valence electrons. The first-order valence-electron chi connectivity index (χ1n) is 12.3. The summed E-state index contributed by atoms with van der Waals surface area (Å²) in [7, 11) is 3.33. The molecule has 0 spiro atoms. The number of hydrogen-bond donors (Lipinski definition) is 1. The van der Waals surface area contributed by atoms with Crippen molar-refractivity contribution in [1.29, 1.82) is 0 Å². The van der Waals surface area contributed by atoms with Crippen molar-refractivity contribution in [3.8, 4) is 11.5 Å². The van der Waals surface area contributed by atoms with E-state index in [1.807, 2.05) is 13.0 Å². The van der Waals surface area contributed by atoms with Crippen LogP contribution in [-0.2, 0) is 13.1 Å². The SMILES string of the molecule is COc1ccc(CN2CCCN(c3cccc(CNC(=O)c4cccc(Cl)c4C)c3)CC2)cc1OC. The third kappa shape index (κ3) is 6.31. The van der Waals surface area contributed by atoms with Gasteiger partial charge in [-0.1, -0.05) is 35.9 Å². The van der Waals surface area contributed by atoms with Crippen LogP contribution in [0, 0.1) is 6.92 Å². The van der Waals surface area contributed by atoms with E-state index in [1.165, 1.54) is 11.3 Å². The molecule has 0 aliphatic carbocycles. The number of methoxy groups -OCH3 is 2. The van der Waals surface area contributed by atoms with E-state index in [0.717, 1.165) is 61.8 Å². The van der Waals surface area contributed by atoms with Gasteiger partial charge in [-0.25, -0.2) is 0 Å². The molecule has 1 aliphatic heterocycles. The maximum Gasteiger partial charge on any atom is 0.251 e. The summed E-state index contributed by atoms with van der Waals surface area (Å²) in [5, 5.41) is 3.64. The van der Waals surface area contributed by atoms with Crippen LogP contribution in [0.25, 0.3) is 0 Å². The second-order valence-electron chi connectivity index (χ2n) is 9.07. The van der Waals surface area contributed by atoms with Crippen molar-refractivity contribution < 1.29 is 14.3 Å². The number of nitrogens with zero attached hydrogens (tertiary/aromatic N) is 2. The van der Waals surface area contributed by atoms with Crippen molar-refractivity contribution >= 4 is 23.2 Å². The number of ether oxygens (including phenoxy) is 2. The van der Waals surface area contributed by atoms with Gasteiger partial charge in [0.25, 0.3) is 5.91 Å². The Morgan fingerprint density at radius 2 is 1.72 bits per heavy atom. The Morgan fingerprint density at radius 1 is 0.917 bits per heavy atom. The lowest BCUT2D eigenvalue weighted by molar-refractivity contribution is 0.0950. The first-order chi connectivity index (χ1) is 17.5. The first-order valence-corrected chi connectivity index (χ1v) is 12.7. The molecule has 1 N–H and O–H groups in total. The monoisotopic (exact) mass is 507 g/mol. The fourth-order valence-electron chi connectivity index (χ4n) is 4.62. The summed E-state index contributed by atoms with van der Waals surface area (Å²) in [6.45, 7) is 7.18. The maximum atomic E-state index is 12.7. The topological polar surface area (TPSA) is 54.0 Å². The highest BCUT2D eigenvalue weighted by Gasteiger charge is 2.17. The summed E-state index contributed by atoms with van der Waals surface area (Å²) in [4.78, 5) is 17.6. The van der Waals surface area contributed by atoms with Crippen molar-refractivity contribution in [3.05, 3.63) is 87.9 Å². The van der Waals surface area contributed by atoms with Crippen LogP contribution in [-0.4, -0.2) is 51.2 Å². The number of carbonyl (C=O) groups is 1. The van der Waals surface area contributed by atoms with Crippen molar-refractivity contribution in [1.82, 2.24) is 10.2 Å². The van der Waals surface area contributed by atoms with E-state index in [1.54, 1.807) is 32.4 Å². The van der Waals surface area contributed by atoms with Crippen LogP contribution in [0.1, 0.15) is 33.5 Å². The molecule has 0 saturated carbocycles. The first kappa shape index (κ1) is 25.9. The van der Waals surface area contributed by atoms with Gasteiger partial charge in [0.1, 0.15) is 0 Å². The van der Waals surface area contributed by atoms with Crippen LogP contribution < -0.4 is 19.7 Å². The molecule has 0 atom stereocenters. The number of hydrogen-bond acceptors (Lipinski definition) is 5. The minimum Gasteiger partial charge on any atom is -0.493 e. The second kappa shape index (κ2) is 12.2. The van der Waals surface area contributed by atoms with E-state index >= 15 is 0 Å². The lowest BCUT2D eigenvalue weighted by atomic mass is 10.1. The summed E-state index contributed by atoms with van der Waals surface area (Å²) >= 11 is 6.18. The van der Waals surface area contributed by atoms with E-state index < -0.39 is 0 Å². The van der Waals surface area contributed by atoms with E-state index in [-0.39, 0.29) is 5.91 Å². The zero-order valence-electron chi connectivity index (χ0n) is 21.2. The fraction of sp³-hybridized carbons (Fsp3) is 0.345. The Kier molecular flexibility index (Phi) is 8.73. The lowest BCUT2D eigenvalue weighted by Crippen LogP contribution is -2.30. The molecule has 6 nitrogen and oxygen atoms in total. The van der Waals surface area contributed by atoms with Crippen molar-refractivity contribution in [2.45, 2.75) is 26.4 Å².